The van der Waals surface area contributed by atoms with E-state index in [2.05, 4.69) is 22.9 Å². The number of benzene rings is 1. The number of halogens is 1. The van der Waals surface area contributed by atoms with E-state index in [4.69, 9.17) is 20.3 Å². The lowest BCUT2D eigenvalue weighted by Gasteiger charge is -2.37. The van der Waals surface area contributed by atoms with Crippen LogP contribution in [0.3, 0.4) is 0 Å². The minimum atomic E-state index is -1.00. The molecule has 0 aromatic heterocycles. The molecule has 3 N–H and O–H groups in total. The summed E-state index contributed by atoms with van der Waals surface area (Å²) >= 11 is 3.44. The summed E-state index contributed by atoms with van der Waals surface area (Å²) in [4.78, 5) is 10.7. The lowest BCUT2D eigenvalue weighted by atomic mass is 9.90. The maximum atomic E-state index is 10.7. The molecular weight excluding hydrogens is 326 g/mol. The van der Waals surface area contributed by atoms with Crippen molar-refractivity contribution in [1.82, 2.24) is 0 Å². The third kappa shape index (κ3) is 3.71. The van der Waals surface area contributed by atoms with Crippen LogP contribution in [-0.4, -0.2) is 36.9 Å². The van der Waals surface area contributed by atoms with E-state index >= 15 is 0 Å². The molecule has 5 nitrogen and oxygen atoms in total. The lowest BCUT2D eigenvalue weighted by Crippen LogP contribution is -2.44. The molecule has 1 aromatic rings. The zero-order chi connectivity index (χ0) is 14.8. The molecule has 1 aliphatic heterocycles. The maximum Gasteiger partial charge on any atom is 0.320 e. The quantitative estimate of drug-likeness (QED) is 0.823. The minimum absolute atomic E-state index is 0.0871. The first-order chi connectivity index (χ1) is 9.39. The first-order valence-corrected chi connectivity index (χ1v) is 7.16. The van der Waals surface area contributed by atoms with E-state index in [1.54, 1.807) is 0 Å². The Morgan fingerprint density at radius 2 is 2.30 bits per heavy atom. The number of ether oxygens (including phenoxy) is 2. The third-order valence-electron chi connectivity index (χ3n) is 3.25. The first-order valence-electron chi connectivity index (χ1n) is 6.37. The van der Waals surface area contributed by atoms with Crippen LogP contribution in [0.4, 0.5) is 0 Å². The highest BCUT2D eigenvalue weighted by Crippen LogP contribution is 2.31. The van der Waals surface area contributed by atoms with Gasteiger partial charge in [0.25, 0.3) is 0 Å². The van der Waals surface area contributed by atoms with Crippen molar-refractivity contribution in [1.29, 1.82) is 0 Å². The van der Waals surface area contributed by atoms with Crippen molar-refractivity contribution >= 4 is 21.9 Å². The molecule has 1 aliphatic rings. The Morgan fingerprint density at radius 1 is 1.60 bits per heavy atom. The number of carbonyl (C=O) groups is 1. The smallest absolute Gasteiger partial charge is 0.320 e. The van der Waals surface area contributed by atoms with E-state index in [1.165, 1.54) is 0 Å². The van der Waals surface area contributed by atoms with Crippen LogP contribution in [0, 0.1) is 5.41 Å². The van der Waals surface area contributed by atoms with E-state index in [-0.39, 0.29) is 5.41 Å². The average Bonchev–Trinajstić information content (AvgIpc) is 2.35. The van der Waals surface area contributed by atoms with Gasteiger partial charge in [0, 0.05) is 5.41 Å². The normalized spacial score (nSPS) is 18.1. The van der Waals surface area contributed by atoms with Crippen LogP contribution >= 0.6 is 15.9 Å². The number of carboxylic acid groups (broad SMARTS) is 1. The fourth-order valence-corrected chi connectivity index (χ4v) is 2.46. The van der Waals surface area contributed by atoms with Gasteiger partial charge in [0.2, 0.25) is 0 Å². The Bertz CT molecular complexity index is 502. The summed E-state index contributed by atoms with van der Waals surface area (Å²) in [6.07, 6.45) is 0.291. The SMILES string of the molecule is CC1(COc2ccc(CC(N)C(=O)O)cc2Br)COC1. The summed E-state index contributed by atoms with van der Waals surface area (Å²) in [6, 6.07) is 4.62. The Labute approximate surface area is 126 Å². The van der Waals surface area contributed by atoms with Crippen molar-refractivity contribution in [2.45, 2.75) is 19.4 Å². The zero-order valence-electron chi connectivity index (χ0n) is 11.3. The van der Waals surface area contributed by atoms with Gasteiger partial charge in [0.1, 0.15) is 11.8 Å². The molecule has 0 aliphatic carbocycles. The largest absolute Gasteiger partial charge is 0.492 e. The summed E-state index contributed by atoms with van der Waals surface area (Å²) in [7, 11) is 0. The fraction of sp³-hybridized carbons (Fsp3) is 0.500. The van der Waals surface area contributed by atoms with E-state index < -0.39 is 12.0 Å². The summed E-state index contributed by atoms with van der Waals surface area (Å²) in [5.74, 6) is -0.259. The average molecular weight is 344 g/mol. The molecule has 1 aromatic carbocycles. The Kier molecular flexibility index (Phi) is 4.67. The topological polar surface area (TPSA) is 81.8 Å². The van der Waals surface area contributed by atoms with Crippen molar-refractivity contribution in [3.8, 4) is 5.75 Å². The summed E-state index contributed by atoms with van der Waals surface area (Å²) < 4.78 is 11.8. The number of aliphatic carboxylic acids is 1. The lowest BCUT2D eigenvalue weighted by molar-refractivity contribution is -0.138. The summed E-state index contributed by atoms with van der Waals surface area (Å²) in [6.45, 7) is 4.15. The van der Waals surface area contributed by atoms with Crippen molar-refractivity contribution in [2.24, 2.45) is 11.1 Å². The second-order valence-electron chi connectivity index (χ2n) is 5.51. The fourth-order valence-electron chi connectivity index (χ4n) is 1.92. The summed E-state index contributed by atoms with van der Waals surface area (Å²) in [5.41, 5.74) is 6.46. The standard InChI is InChI=1S/C14H18BrNO4/c1-14(6-19-7-14)8-20-12-3-2-9(4-10(12)15)5-11(16)13(17)18/h2-4,11H,5-8,16H2,1H3,(H,17,18). The van der Waals surface area contributed by atoms with Crippen molar-refractivity contribution in [2.75, 3.05) is 19.8 Å². The molecule has 1 saturated heterocycles. The number of hydrogen-bond donors (Lipinski definition) is 2. The number of carboxylic acids is 1. The van der Waals surface area contributed by atoms with Crippen LogP contribution in [0.2, 0.25) is 0 Å². The van der Waals surface area contributed by atoms with Gasteiger partial charge in [-0.25, -0.2) is 0 Å². The van der Waals surface area contributed by atoms with Crippen LogP contribution in [0.25, 0.3) is 0 Å². The molecule has 1 atom stereocenters. The predicted molar refractivity (Wildman–Crippen MR) is 77.9 cm³/mol. The molecular formula is C14H18BrNO4. The molecule has 0 spiro atoms. The Hall–Kier alpha value is -1.11. The molecule has 1 heterocycles. The molecule has 6 heteroatoms. The summed E-state index contributed by atoms with van der Waals surface area (Å²) in [5, 5.41) is 8.80. The Morgan fingerprint density at radius 3 is 2.80 bits per heavy atom. The van der Waals surface area contributed by atoms with Crippen molar-refractivity contribution < 1.29 is 19.4 Å². The molecule has 2 rings (SSSR count). The van der Waals surface area contributed by atoms with Gasteiger partial charge >= 0.3 is 5.97 Å². The second-order valence-corrected chi connectivity index (χ2v) is 6.36. The molecule has 20 heavy (non-hydrogen) atoms. The van der Waals surface area contributed by atoms with Crippen LogP contribution in [-0.2, 0) is 16.0 Å². The van der Waals surface area contributed by atoms with E-state index in [0.29, 0.717) is 13.0 Å². The second kappa shape index (κ2) is 6.11. The molecule has 0 radical (unpaired) electrons. The maximum absolute atomic E-state index is 10.7. The molecule has 1 unspecified atom stereocenters. The highest BCUT2D eigenvalue weighted by molar-refractivity contribution is 9.10. The molecule has 110 valence electrons. The van der Waals surface area contributed by atoms with Crippen LogP contribution in [0.1, 0.15) is 12.5 Å². The highest BCUT2D eigenvalue weighted by Gasteiger charge is 2.34. The Balaban J connectivity index is 1.96. The van der Waals surface area contributed by atoms with Gasteiger partial charge in [-0.1, -0.05) is 13.0 Å². The van der Waals surface area contributed by atoms with E-state index in [1.807, 2.05) is 18.2 Å². The van der Waals surface area contributed by atoms with Crippen LogP contribution in [0.5, 0.6) is 5.75 Å². The van der Waals surface area contributed by atoms with E-state index in [0.717, 1.165) is 29.0 Å². The molecule has 0 amide bonds. The molecule has 0 saturated carbocycles. The van der Waals surface area contributed by atoms with Gasteiger partial charge in [-0.3, -0.25) is 4.79 Å². The number of rotatable bonds is 6. The van der Waals surface area contributed by atoms with Gasteiger partial charge in [-0.05, 0) is 40.0 Å². The van der Waals surface area contributed by atoms with Gasteiger partial charge in [-0.15, -0.1) is 0 Å². The van der Waals surface area contributed by atoms with Crippen LogP contribution < -0.4 is 10.5 Å². The van der Waals surface area contributed by atoms with E-state index in [9.17, 15) is 4.79 Å². The molecule has 1 fully saturated rings. The van der Waals surface area contributed by atoms with Gasteiger partial charge in [0.15, 0.2) is 0 Å². The predicted octanol–water partition coefficient (Wildman–Crippen LogP) is 1.82. The van der Waals surface area contributed by atoms with Crippen LogP contribution in [0.15, 0.2) is 22.7 Å². The van der Waals surface area contributed by atoms with Gasteiger partial charge < -0.3 is 20.3 Å². The number of nitrogens with two attached hydrogens (primary N) is 1. The third-order valence-corrected chi connectivity index (χ3v) is 3.87. The zero-order valence-corrected chi connectivity index (χ0v) is 12.9. The number of hydrogen-bond acceptors (Lipinski definition) is 4. The van der Waals surface area contributed by atoms with Gasteiger partial charge in [-0.2, -0.15) is 0 Å². The van der Waals surface area contributed by atoms with Crippen molar-refractivity contribution in [3.63, 3.8) is 0 Å². The van der Waals surface area contributed by atoms with Gasteiger partial charge in [0.05, 0.1) is 24.3 Å². The first kappa shape index (κ1) is 15.3. The monoisotopic (exact) mass is 343 g/mol. The highest BCUT2D eigenvalue weighted by atomic mass is 79.9. The minimum Gasteiger partial charge on any atom is -0.492 e. The van der Waals surface area contributed by atoms with Crippen molar-refractivity contribution in [3.05, 3.63) is 28.2 Å². The molecule has 0 bridgehead atoms.